The molecule has 0 aromatic carbocycles. The minimum Gasteiger partial charge on any atom is -0.305 e. The molecule has 1 saturated heterocycles. The van der Waals surface area contributed by atoms with E-state index in [1.165, 1.54) is 25.7 Å². The van der Waals surface area contributed by atoms with Gasteiger partial charge < -0.3 is 5.32 Å². The van der Waals surface area contributed by atoms with Gasteiger partial charge in [-0.25, -0.2) is 8.78 Å². The molecular weight excluding hydrogens is 232 g/mol. The summed E-state index contributed by atoms with van der Waals surface area (Å²) in [7, 11) is 0. The van der Waals surface area contributed by atoms with E-state index < -0.39 is 5.92 Å². The standard InChI is InChI=1S/C12H21F2N.ClH/c1-11(8-12(13,14)9-15-11)10-6-4-2-3-5-7-10;/h10,15H,2-9H2,1H3;1H. The van der Waals surface area contributed by atoms with Crippen LogP contribution in [0.25, 0.3) is 0 Å². The summed E-state index contributed by atoms with van der Waals surface area (Å²) in [6, 6.07) is 0. The summed E-state index contributed by atoms with van der Waals surface area (Å²) in [5, 5.41) is 3.07. The van der Waals surface area contributed by atoms with Gasteiger partial charge in [0.1, 0.15) is 0 Å². The summed E-state index contributed by atoms with van der Waals surface area (Å²) in [6.07, 6.45) is 7.27. The van der Waals surface area contributed by atoms with Gasteiger partial charge in [0.15, 0.2) is 0 Å². The maximum absolute atomic E-state index is 13.2. The summed E-state index contributed by atoms with van der Waals surface area (Å²) in [5.41, 5.74) is -0.312. The summed E-state index contributed by atoms with van der Waals surface area (Å²) in [5.74, 6) is -2.03. The molecule has 4 heteroatoms. The van der Waals surface area contributed by atoms with Gasteiger partial charge in [0.05, 0.1) is 6.54 Å². The molecule has 1 nitrogen and oxygen atoms in total. The Balaban J connectivity index is 0.00000128. The Kier molecular flexibility index (Phi) is 4.58. The van der Waals surface area contributed by atoms with Crippen LogP contribution in [0, 0.1) is 5.92 Å². The van der Waals surface area contributed by atoms with Gasteiger partial charge in [0.25, 0.3) is 5.92 Å². The molecule has 96 valence electrons. The second kappa shape index (κ2) is 5.18. The molecule has 0 spiro atoms. The second-order valence-electron chi connectivity index (χ2n) is 5.49. The lowest BCUT2D eigenvalue weighted by Gasteiger charge is -2.33. The Bertz CT molecular complexity index is 227. The number of halogens is 3. The third kappa shape index (κ3) is 3.07. The van der Waals surface area contributed by atoms with E-state index >= 15 is 0 Å². The van der Waals surface area contributed by atoms with E-state index in [-0.39, 0.29) is 30.9 Å². The van der Waals surface area contributed by atoms with Crippen LogP contribution in [0.3, 0.4) is 0 Å². The van der Waals surface area contributed by atoms with Crippen LogP contribution in [0.15, 0.2) is 0 Å². The monoisotopic (exact) mass is 253 g/mol. The minimum absolute atomic E-state index is 0. The molecule has 0 bridgehead atoms. The SMILES string of the molecule is CC1(C2CCCCCC2)CC(F)(F)CN1.Cl. The molecule has 1 saturated carbocycles. The molecule has 16 heavy (non-hydrogen) atoms. The second-order valence-corrected chi connectivity index (χ2v) is 5.49. The summed E-state index contributed by atoms with van der Waals surface area (Å²) in [4.78, 5) is 0. The first-order chi connectivity index (χ1) is 7.02. The topological polar surface area (TPSA) is 12.0 Å². The predicted molar refractivity (Wildman–Crippen MR) is 64.4 cm³/mol. The zero-order valence-electron chi connectivity index (χ0n) is 9.90. The van der Waals surface area contributed by atoms with Crippen LogP contribution in [-0.2, 0) is 0 Å². The van der Waals surface area contributed by atoms with Crippen molar-refractivity contribution in [2.24, 2.45) is 5.92 Å². The van der Waals surface area contributed by atoms with E-state index in [0.29, 0.717) is 5.92 Å². The quantitative estimate of drug-likeness (QED) is 0.702. The molecule has 1 atom stereocenters. The summed E-state index contributed by atoms with van der Waals surface area (Å²) in [6.45, 7) is 1.86. The number of hydrogen-bond acceptors (Lipinski definition) is 1. The molecule has 1 aliphatic carbocycles. The van der Waals surface area contributed by atoms with Crippen molar-refractivity contribution in [3.8, 4) is 0 Å². The Morgan fingerprint density at radius 2 is 1.62 bits per heavy atom. The van der Waals surface area contributed by atoms with E-state index in [2.05, 4.69) is 5.32 Å². The minimum atomic E-state index is -2.49. The Hall–Kier alpha value is 0.110. The van der Waals surface area contributed by atoms with Gasteiger partial charge in [-0.05, 0) is 25.7 Å². The molecule has 2 aliphatic rings. The van der Waals surface area contributed by atoms with Gasteiger partial charge in [-0.3, -0.25) is 0 Å². The van der Waals surface area contributed by atoms with E-state index in [1.54, 1.807) is 0 Å². The molecule has 2 fully saturated rings. The van der Waals surface area contributed by atoms with Crippen LogP contribution >= 0.6 is 12.4 Å². The van der Waals surface area contributed by atoms with E-state index in [4.69, 9.17) is 0 Å². The van der Waals surface area contributed by atoms with Crippen molar-refractivity contribution >= 4 is 12.4 Å². The van der Waals surface area contributed by atoms with E-state index in [1.807, 2.05) is 6.92 Å². The third-order valence-corrected chi connectivity index (χ3v) is 4.13. The molecular formula is C12H22ClF2N. The number of alkyl halides is 2. The molecule has 0 aromatic heterocycles. The highest BCUT2D eigenvalue weighted by atomic mass is 35.5. The van der Waals surface area contributed by atoms with Crippen molar-refractivity contribution in [2.75, 3.05) is 6.54 Å². The van der Waals surface area contributed by atoms with Crippen LogP contribution in [-0.4, -0.2) is 18.0 Å². The highest BCUT2D eigenvalue weighted by molar-refractivity contribution is 5.85. The van der Waals surface area contributed by atoms with Crippen molar-refractivity contribution in [1.29, 1.82) is 0 Å². The van der Waals surface area contributed by atoms with Gasteiger partial charge in [-0.1, -0.05) is 25.7 Å². The normalized spacial score (nSPS) is 35.4. The van der Waals surface area contributed by atoms with Crippen LogP contribution in [0.2, 0.25) is 0 Å². The van der Waals surface area contributed by atoms with E-state index in [0.717, 1.165) is 12.8 Å². The zero-order chi connectivity index (χ0) is 10.9. The molecule has 0 aromatic rings. The molecule has 1 heterocycles. The van der Waals surface area contributed by atoms with Crippen LogP contribution in [0.4, 0.5) is 8.78 Å². The first-order valence-corrected chi connectivity index (χ1v) is 6.15. The highest BCUT2D eigenvalue weighted by Gasteiger charge is 2.49. The Labute approximate surface area is 103 Å². The van der Waals surface area contributed by atoms with Gasteiger partial charge in [0.2, 0.25) is 0 Å². The number of hydrogen-bond donors (Lipinski definition) is 1. The lowest BCUT2D eigenvalue weighted by molar-refractivity contribution is 0.0120. The van der Waals surface area contributed by atoms with E-state index in [9.17, 15) is 8.78 Å². The smallest absolute Gasteiger partial charge is 0.262 e. The van der Waals surface area contributed by atoms with Crippen molar-refractivity contribution < 1.29 is 8.78 Å². The third-order valence-electron chi connectivity index (χ3n) is 4.13. The van der Waals surface area contributed by atoms with Crippen molar-refractivity contribution in [3.63, 3.8) is 0 Å². The molecule has 1 N–H and O–H groups in total. The first-order valence-electron chi connectivity index (χ1n) is 6.15. The predicted octanol–water partition coefficient (Wildman–Crippen LogP) is 3.77. The fourth-order valence-electron chi connectivity index (χ4n) is 3.20. The van der Waals surface area contributed by atoms with Crippen molar-refractivity contribution in [1.82, 2.24) is 5.32 Å². The molecule has 2 rings (SSSR count). The van der Waals surface area contributed by atoms with Gasteiger partial charge in [-0.15, -0.1) is 12.4 Å². The van der Waals surface area contributed by atoms with Gasteiger partial charge in [0, 0.05) is 12.0 Å². The number of rotatable bonds is 1. The molecule has 1 aliphatic heterocycles. The first kappa shape index (κ1) is 14.2. The fourth-order valence-corrected chi connectivity index (χ4v) is 3.20. The largest absolute Gasteiger partial charge is 0.305 e. The average molecular weight is 254 g/mol. The Morgan fingerprint density at radius 1 is 1.06 bits per heavy atom. The van der Waals surface area contributed by atoms with Crippen LogP contribution in [0.5, 0.6) is 0 Å². The van der Waals surface area contributed by atoms with Crippen molar-refractivity contribution in [2.45, 2.75) is 63.3 Å². The highest BCUT2D eigenvalue weighted by Crippen LogP contribution is 2.41. The average Bonchev–Trinajstić information content (AvgIpc) is 2.43. The lowest BCUT2D eigenvalue weighted by Crippen LogP contribution is -2.43. The summed E-state index contributed by atoms with van der Waals surface area (Å²) < 4.78 is 26.5. The molecule has 1 unspecified atom stereocenters. The maximum Gasteiger partial charge on any atom is 0.262 e. The van der Waals surface area contributed by atoms with Gasteiger partial charge in [-0.2, -0.15) is 0 Å². The van der Waals surface area contributed by atoms with Crippen LogP contribution in [0.1, 0.15) is 51.9 Å². The fraction of sp³-hybridized carbons (Fsp3) is 1.00. The zero-order valence-corrected chi connectivity index (χ0v) is 10.7. The maximum atomic E-state index is 13.2. The Morgan fingerprint density at radius 3 is 2.06 bits per heavy atom. The molecule has 0 amide bonds. The van der Waals surface area contributed by atoms with Crippen molar-refractivity contribution in [3.05, 3.63) is 0 Å². The van der Waals surface area contributed by atoms with Crippen LogP contribution < -0.4 is 5.32 Å². The van der Waals surface area contributed by atoms with Gasteiger partial charge >= 0.3 is 0 Å². The summed E-state index contributed by atoms with van der Waals surface area (Å²) >= 11 is 0. The number of nitrogens with one attached hydrogen (secondary N) is 1. The lowest BCUT2D eigenvalue weighted by atomic mass is 9.79. The molecule has 0 radical (unpaired) electrons.